The molecule has 0 aromatic heterocycles. The van der Waals surface area contributed by atoms with E-state index in [9.17, 15) is 4.79 Å². The molecule has 0 spiro atoms. The lowest BCUT2D eigenvalue weighted by Crippen LogP contribution is -2.04. The molecule has 0 bridgehead atoms. The number of carbonyl (C=O) groups is 1. The Morgan fingerprint density at radius 3 is 2.42 bits per heavy atom. The van der Waals surface area contributed by atoms with E-state index in [1.54, 1.807) is 25.1 Å². The van der Waals surface area contributed by atoms with Gasteiger partial charge in [-0.25, -0.2) is 4.79 Å². The predicted octanol–water partition coefficient (Wildman–Crippen LogP) is 3.26. The molecule has 0 unspecified atom stereocenters. The van der Waals surface area contributed by atoms with Crippen LogP contribution in [0.25, 0.3) is 0 Å². The van der Waals surface area contributed by atoms with Crippen molar-refractivity contribution in [2.24, 2.45) is 0 Å². The van der Waals surface area contributed by atoms with E-state index in [0.717, 1.165) is 11.1 Å². The van der Waals surface area contributed by atoms with E-state index < -0.39 is 0 Å². The Bertz CT molecular complexity index is 618. The van der Waals surface area contributed by atoms with Crippen LogP contribution >= 0.6 is 0 Å². The second-order valence-electron chi connectivity index (χ2n) is 3.92. The maximum atomic E-state index is 11.6. The van der Waals surface area contributed by atoms with Crippen molar-refractivity contribution in [2.75, 3.05) is 6.61 Å². The van der Waals surface area contributed by atoms with Gasteiger partial charge in [0.1, 0.15) is 0 Å². The number of rotatable bonds is 2. The zero-order chi connectivity index (χ0) is 13.5. The first-order chi connectivity index (χ1) is 9.29. The smallest absolute Gasteiger partial charge is 0.338 e. The van der Waals surface area contributed by atoms with Crippen LogP contribution < -0.4 is 0 Å². The highest BCUT2D eigenvalue weighted by atomic mass is 16.5. The van der Waals surface area contributed by atoms with Gasteiger partial charge in [0.05, 0.1) is 12.2 Å². The third kappa shape index (κ3) is 3.72. The van der Waals surface area contributed by atoms with Crippen LogP contribution in [0.5, 0.6) is 0 Å². The predicted molar refractivity (Wildman–Crippen MR) is 74.8 cm³/mol. The molecule has 2 heteroatoms. The zero-order valence-corrected chi connectivity index (χ0v) is 10.7. The number of benzene rings is 2. The van der Waals surface area contributed by atoms with Gasteiger partial charge in [-0.15, -0.1) is 0 Å². The largest absolute Gasteiger partial charge is 0.462 e. The van der Waals surface area contributed by atoms with E-state index in [1.165, 1.54) is 0 Å². The normalized spacial score (nSPS) is 9.32. The molecule has 94 valence electrons. The molecule has 0 heterocycles. The number of esters is 1. The summed E-state index contributed by atoms with van der Waals surface area (Å²) in [6.07, 6.45) is 0. The number of ether oxygens (including phenoxy) is 1. The van der Waals surface area contributed by atoms with Crippen molar-refractivity contribution in [1.82, 2.24) is 0 Å². The Hall–Kier alpha value is -2.53. The van der Waals surface area contributed by atoms with Gasteiger partial charge < -0.3 is 4.74 Å². The topological polar surface area (TPSA) is 26.3 Å². The van der Waals surface area contributed by atoms with E-state index >= 15 is 0 Å². The van der Waals surface area contributed by atoms with Gasteiger partial charge in [0, 0.05) is 11.1 Å². The van der Waals surface area contributed by atoms with Crippen molar-refractivity contribution < 1.29 is 9.53 Å². The van der Waals surface area contributed by atoms with Crippen LogP contribution in [0, 0.1) is 11.8 Å². The Balaban J connectivity index is 2.21. The molecule has 0 aliphatic rings. The van der Waals surface area contributed by atoms with Crippen molar-refractivity contribution in [3.63, 3.8) is 0 Å². The zero-order valence-electron chi connectivity index (χ0n) is 10.7. The number of carbonyl (C=O) groups excluding carboxylic acids is 1. The highest BCUT2D eigenvalue weighted by Crippen LogP contribution is 2.06. The maximum absolute atomic E-state index is 11.6. The van der Waals surface area contributed by atoms with E-state index in [0.29, 0.717) is 12.2 Å². The van der Waals surface area contributed by atoms with Gasteiger partial charge >= 0.3 is 5.97 Å². The molecule has 0 amide bonds. The van der Waals surface area contributed by atoms with Gasteiger partial charge in [0.25, 0.3) is 0 Å². The summed E-state index contributed by atoms with van der Waals surface area (Å²) in [6, 6.07) is 16.9. The standard InChI is InChI=1S/C17H14O2/c1-2-19-17(18)16-10-6-9-15(13-16)12-11-14-7-4-3-5-8-14/h3-10,13H,2H2,1H3. The van der Waals surface area contributed by atoms with Gasteiger partial charge in [-0.1, -0.05) is 36.1 Å². The van der Waals surface area contributed by atoms with E-state index in [1.807, 2.05) is 36.4 Å². The van der Waals surface area contributed by atoms with Crippen LogP contribution in [0.15, 0.2) is 54.6 Å². The molecular weight excluding hydrogens is 236 g/mol. The molecule has 0 fully saturated rings. The molecule has 2 aromatic rings. The van der Waals surface area contributed by atoms with E-state index in [-0.39, 0.29) is 5.97 Å². The third-order valence-electron chi connectivity index (χ3n) is 2.50. The lowest BCUT2D eigenvalue weighted by atomic mass is 10.1. The summed E-state index contributed by atoms with van der Waals surface area (Å²) >= 11 is 0. The first-order valence-electron chi connectivity index (χ1n) is 6.14. The van der Waals surface area contributed by atoms with Crippen molar-refractivity contribution in [3.8, 4) is 11.8 Å². The fourth-order valence-corrected chi connectivity index (χ4v) is 1.60. The SMILES string of the molecule is CCOC(=O)c1cccc(C#Cc2ccccc2)c1. The molecule has 0 radical (unpaired) electrons. The van der Waals surface area contributed by atoms with Crippen LogP contribution in [0.2, 0.25) is 0 Å². The minimum Gasteiger partial charge on any atom is -0.462 e. The van der Waals surface area contributed by atoms with Crippen molar-refractivity contribution in [1.29, 1.82) is 0 Å². The first kappa shape index (κ1) is 12.9. The Labute approximate surface area is 113 Å². The van der Waals surface area contributed by atoms with Crippen LogP contribution in [-0.2, 0) is 4.74 Å². The van der Waals surface area contributed by atoms with E-state index in [4.69, 9.17) is 4.74 Å². The molecule has 19 heavy (non-hydrogen) atoms. The van der Waals surface area contributed by atoms with Gasteiger partial charge in [-0.3, -0.25) is 0 Å². The van der Waals surface area contributed by atoms with Gasteiger partial charge in [-0.05, 0) is 37.3 Å². The third-order valence-corrected chi connectivity index (χ3v) is 2.50. The van der Waals surface area contributed by atoms with Crippen LogP contribution in [0.3, 0.4) is 0 Å². The Kier molecular flexibility index (Phi) is 4.36. The minimum absolute atomic E-state index is 0.314. The minimum atomic E-state index is -0.314. The number of hydrogen-bond acceptors (Lipinski definition) is 2. The van der Waals surface area contributed by atoms with Crippen LogP contribution in [0.4, 0.5) is 0 Å². The fraction of sp³-hybridized carbons (Fsp3) is 0.118. The summed E-state index contributed by atoms with van der Waals surface area (Å²) in [5.41, 5.74) is 2.28. The van der Waals surface area contributed by atoms with Crippen LogP contribution in [0.1, 0.15) is 28.4 Å². The highest BCUT2D eigenvalue weighted by Gasteiger charge is 2.05. The summed E-state index contributed by atoms with van der Waals surface area (Å²) in [5, 5.41) is 0. The van der Waals surface area contributed by atoms with Gasteiger partial charge in [-0.2, -0.15) is 0 Å². The lowest BCUT2D eigenvalue weighted by Gasteiger charge is -2.01. The summed E-state index contributed by atoms with van der Waals surface area (Å²) in [4.78, 5) is 11.6. The van der Waals surface area contributed by atoms with Crippen molar-refractivity contribution in [3.05, 3.63) is 71.3 Å². The molecule has 0 N–H and O–H groups in total. The van der Waals surface area contributed by atoms with Gasteiger partial charge in [0.15, 0.2) is 0 Å². The average Bonchev–Trinajstić information content (AvgIpc) is 2.47. The maximum Gasteiger partial charge on any atom is 0.338 e. The molecule has 0 aliphatic carbocycles. The molecule has 0 atom stereocenters. The van der Waals surface area contributed by atoms with E-state index in [2.05, 4.69) is 11.8 Å². The van der Waals surface area contributed by atoms with Crippen LogP contribution in [-0.4, -0.2) is 12.6 Å². The second-order valence-corrected chi connectivity index (χ2v) is 3.92. The quantitative estimate of drug-likeness (QED) is 0.604. The molecule has 0 aliphatic heterocycles. The van der Waals surface area contributed by atoms with Crippen molar-refractivity contribution >= 4 is 5.97 Å². The molecule has 0 saturated carbocycles. The number of hydrogen-bond donors (Lipinski definition) is 0. The molecule has 0 saturated heterocycles. The molecule has 2 aromatic carbocycles. The summed E-state index contributed by atoms with van der Waals surface area (Å²) in [7, 11) is 0. The summed E-state index contributed by atoms with van der Waals surface area (Å²) < 4.78 is 4.96. The second kappa shape index (κ2) is 6.42. The molecular formula is C17H14O2. The monoisotopic (exact) mass is 250 g/mol. The fourth-order valence-electron chi connectivity index (χ4n) is 1.60. The Morgan fingerprint density at radius 2 is 1.68 bits per heavy atom. The molecule has 2 nitrogen and oxygen atoms in total. The van der Waals surface area contributed by atoms with Crippen molar-refractivity contribution in [2.45, 2.75) is 6.92 Å². The van der Waals surface area contributed by atoms with Gasteiger partial charge in [0.2, 0.25) is 0 Å². The average molecular weight is 250 g/mol. The first-order valence-corrected chi connectivity index (χ1v) is 6.14. The lowest BCUT2D eigenvalue weighted by molar-refractivity contribution is 0.0526. The highest BCUT2D eigenvalue weighted by molar-refractivity contribution is 5.89. The summed E-state index contributed by atoms with van der Waals surface area (Å²) in [6.45, 7) is 2.16. The summed E-state index contributed by atoms with van der Waals surface area (Å²) in [5.74, 6) is 5.78. The molecule has 2 rings (SSSR count). The Morgan fingerprint density at radius 1 is 1.00 bits per heavy atom.